The van der Waals surface area contributed by atoms with E-state index < -0.39 is 0 Å². The van der Waals surface area contributed by atoms with Gasteiger partial charge < -0.3 is 0 Å². The van der Waals surface area contributed by atoms with Crippen molar-refractivity contribution in [3.8, 4) is 6.07 Å². The minimum atomic E-state index is 0.620. The molecule has 3 heteroatoms. The van der Waals surface area contributed by atoms with Crippen LogP contribution in [-0.4, -0.2) is 9.38 Å². The van der Waals surface area contributed by atoms with Crippen LogP contribution in [0, 0.1) is 25.2 Å². The Kier molecular flexibility index (Phi) is 1.93. The fraction of sp³-hybridized carbons (Fsp3) is 0.143. The Bertz CT molecular complexity index is 775. The summed E-state index contributed by atoms with van der Waals surface area (Å²) in [5.41, 5.74) is 4.72. The Hall–Kier alpha value is -2.34. The summed E-state index contributed by atoms with van der Waals surface area (Å²) >= 11 is 0. The summed E-state index contributed by atoms with van der Waals surface area (Å²) in [6.07, 6.45) is 1.80. The number of benzene rings is 1. The number of aryl methyl sites for hydroxylation is 2. The second-order valence-corrected chi connectivity index (χ2v) is 4.29. The zero-order valence-electron chi connectivity index (χ0n) is 9.73. The summed E-state index contributed by atoms with van der Waals surface area (Å²) in [4.78, 5) is 4.31. The van der Waals surface area contributed by atoms with E-state index in [1.807, 2.05) is 23.5 Å². The Balaban J connectivity index is 2.64. The smallest absolute Gasteiger partial charge is 0.155 e. The van der Waals surface area contributed by atoms with Gasteiger partial charge in [0.2, 0.25) is 0 Å². The predicted octanol–water partition coefficient (Wildman–Crippen LogP) is 2.98. The molecule has 0 saturated heterocycles. The lowest BCUT2D eigenvalue weighted by Crippen LogP contribution is -1.94. The molecular formula is C14H11N3. The van der Waals surface area contributed by atoms with Gasteiger partial charge in [-0.1, -0.05) is 12.1 Å². The Morgan fingerprint density at radius 2 is 2.06 bits per heavy atom. The third-order valence-electron chi connectivity index (χ3n) is 3.03. The fourth-order valence-electron chi connectivity index (χ4n) is 2.20. The molecule has 0 amide bonds. The summed E-state index contributed by atoms with van der Waals surface area (Å²) in [7, 11) is 0. The van der Waals surface area contributed by atoms with Crippen LogP contribution in [0.2, 0.25) is 0 Å². The summed E-state index contributed by atoms with van der Waals surface area (Å²) in [6, 6.07) is 10.3. The third-order valence-corrected chi connectivity index (χ3v) is 3.03. The fourth-order valence-corrected chi connectivity index (χ4v) is 2.20. The lowest BCUT2D eigenvalue weighted by molar-refractivity contribution is 1.16. The van der Waals surface area contributed by atoms with Crippen LogP contribution in [0.3, 0.4) is 0 Å². The number of nitriles is 1. The Labute approximate surface area is 98.9 Å². The molecule has 0 atom stereocenters. The number of hydrogen-bond acceptors (Lipinski definition) is 2. The van der Waals surface area contributed by atoms with Crippen molar-refractivity contribution in [2.24, 2.45) is 0 Å². The van der Waals surface area contributed by atoms with Gasteiger partial charge in [-0.2, -0.15) is 5.26 Å². The van der Waals surface area contributed by atoms with Gasteiger partial charge in [-0.15, -0.1) is 0 Å². The highest BCUT2D eigenvalue weighted by Gasteiger charge is 2.09. The molecule has 2 heterocycles. The van der Waals surface area contributed by atoms with E-state index in [0.717, 1.165) is 22.2 Å². The average molecular weight is 221 g/mol. The minimum absolute atomic E-state index is 0.620. The van der Waals surface area contributed by atoms with Crippen LogP contribution in [-0.2, 0) is 0 Å². The van der Waals surface area contributed by atoms with E-state index in [4.69, 9.17) is 5.26 Å². The van der Waals surface area contributed by atoms with Gasteiger partial charge in [0.05, 0.1) is 11.1 Å². The van der Waals surface area contributed by atoms with E-state index in [-0.39, 0.29) is 0 Å². The SMILES string of the molecule is Cc1ccc2cc(C#N)c3ncc(C)n3c2c1. The molecule has 82 valence electrons. The van der Waals surface area contributed by atoms with Gasteiger partial charge in [0, 0.05) is 17.3 Å². The maximum absolute atomic E-state index is 9.16. The first-order valence-corrected chi connectivity index (χ1v) is 5.48. The average Bonchev–Trinajstić information content (AvgIpc) is 2.71. The van der Waals surface area contributed by atoms with Crippen LogP contribution < -0.4 is 0 Å². The van der Waals surface area contributed by atoms with Gasteiger partial charge in [-0.25, -0.2) is 4.98 Å². The Morgan fingerprint density at radius 1 is 1.24 bits per heavy atom. The van der Waals surface area contributed by atoms with Gasteiger partial charge in [0.1, 0.15) is 6.07 Å². The second-order valence-electron chi connectivity index (χ2n) is 4.29. The summed E-state index contributed by atoms with van der Waals surface area (Å²) in [6.45, 7) is 4.07. The molecule has 0 aliphatic rings. The van der Waals surface area contributed by atoms with E-state index in [9.17, 15) is 0 Å². The standard InChI is InChI=1S/C14H11N3/c1-9-3-4-11-6-12(7-15)14-16-8-10(2)17(14)13(11)5-9/h3-6,8H,1-2H3. The number of imidazole rings is 1. The third kappa shape index (κ3) is 1.31. The van der Waals surface area contributed by atoms with Gasteiger partial charge in [0.15, 0.2) is 5.65 Å². The highest BCUT2D eigenvalue weighted by Crippen LogP contribution is 2.22. The van der Waals surface area contributed by atoms with Crippen molar-refractivity contribution in [3.63, 3.8) is 0 Å². The van der Waals surface area contributed by atoms with E-state index in [1.165, 1.54) is 5.56 Å². The number of nitrogens with zero attached hydrogens (tertiary/aromatic N) is 3. The monoisotopic (exact) mass is 221 g/mol. The number of hydrogen-bond donors (Lipinski definition) is 0. The first-order chi connectivity index (χ1) is 8.20. The Morgan fingerprint density at radius 3 is 2.82 bits per heavy atom. The van der Waals surface area contributed by atoms with Crippen molar-refractivity contribution < 1.29 is 0 Å². The van der Waals surface area contributed by atoms with Crippen LogP contribution in [0.25, 0.3) is 16.6 Å². The number of rotatable bonds is 0. The highest BCUT2D eigenvalue weighted by molar-refractivity contribution is 5.85. The molecule has 0 radical (unpaired) electrons. The maximum Gasteiger partial charge on any atom is 0.155 e. The maximum atomic E-state index is 9.16. The van der Waals surface area contributed by atoms with Gasteiger partial charge in [-0.05, 0) is 31.5 Å². The molecule has 3 rings (SSSR count). The van der Waals surface area contributed by atoms with Crippen LogP contribution in [0.15, 0.2) is 30.5 Å². The second kappa shape index (κ2) is 3.33. The van der Waals surface area contributed by atoms with E-state index in [1.54, 1.807) is 6.20 Å². The van der Waals surface area contributed by atoms with Crippen molar-refractivity contribution in [2.45, 2.75) is 13.8 Å². The van der Waals surface area contributed by atoms with Crippen LogP contribution in [0.1, 0.15) is 16.8 Å². The molecule has 0 aliphatic heterocycles. The van der Waals surface area contributed by atoms with Crippen LogP contribution in [0.5, 0.6) is 0 Å². The van der Waals surface area contributed by atoms with Crippen molar-refractivity contribution >= 4 is 16.6 Å². The van der Waals surface area contributed by atoms with E-state index >= 15 is 0 Å². The van der Waals surface area contributed by atoms with Crippen LogP contribution >= 0.6 is 0 Å². The molecule has 0 aliphatic carbocycles. The van der Waals surface area contributed by atoms with Crippen molar-refractivity contribution in [2.75, 3.05) is 0 Å². The van der Waals surface area contributed by atoms with Crippen molar-refractivity contribution in [3.05, 3.63) is 47.3 Å². The van der Waals surface area contributed by atoms with Gasteiger partial charge >= 0.3 is 0 Å². The van der Waals surface area contributed by atoms with Crippen molar-refractivity contribution in [1.82, 2.24) is 9.38 Å². The van der Waals surface area contributed by atoms with E-state index in [2.05, 4.69) is 30.1 Å². The molecule has 1 aromatic carbocycles. The van der Waals surface area contributed by atoms with E-state index in [0.29, 0.717) is 5.56 Å². The normalized spacial score (nSPS) is 10.9. The summed E-state index contributed by atoms with van der Waals surface area (Å²) in [5, 5.41) is 10.2. The van der Waals surface area contributed by atoms with Gasteiger partial charge in [-0.3, -0.25) is 4.40 Å². The molecule has 0 N–H and O–H groups in total. The molecule has 0 bridgehead atoms. The topological polar surface area (TPSA) is 41.1 Å². The van der Waals surface area contributed by atoms with Crippen LogP contribution in [0.4, 0.5) is 0 Å². The molecule has 2 aromatic heterocycles. The highest BCUT2D eigenvalue weighted by atomic mass is 15.0. The zero-order chi connectivity index (χ0) is 12.0. The molecular weight excluding hydrogens is 210 g/mol. The lowest BCUT2D eigenvalue weighted by atomic mass is 10.1. The minimum Gasteiger partial charge on any atom is -0.296 e. The van der Waals surface area contributed by atoms with Crippen molar-refractivity contribution in [1.29, 1.82) is 5.26 Å². The molecule has 17 heavy (non-hydrogen) atoms. The molecule has 3 nitrogen and oxygen atoms in total. The number of pyridine rings is 1. The molecule has 3 aromatic rings. The zero-order valence-corrected chi connectivity index (χ0v) is 9.73. The number of aromatic nitrogens is 2. The largest absolute Gasteiger partial charge is 0.296 e. The molecule has 0 spiro atoms. The summed E-state index contributed by atoms with van der Waals surface area (Å²) < 4.78 is 2.04. The van der Waals surface area contributed by atoms with Gasteiger partial charge in [0.25, 0.3) is 0 Å². The number of fused-ring (bicyclic) bond motifs is 3. The molecule has 0 unspecified atom stereocenters. The predicted molar refractivity (Wildman–Crippen MR) is 66.9 cm³/mol. The summed E-state index contributed by atoms with van der Waals surface area (Å²) in [5.74, 6) is 0. The molecule has 0 saturated carbocycles. The quantitative estimate of drug-likeness (QED) is 0.585. The molecule has 0 fully saturated rings. The first-order valence-electron chi connectivity index (χ1n) is 5.48. The first kappa shape index (κ1) is 9.86. The lowest BCUT2D eigenvalue weighted by Gasteiger charge is -2.06.